The summed E-state index contributed by atoms with van der Waals surface area (Å²) < 4.78 is 0. The zero-order chi connectivity index (χ0) is 14.3. The van der Waals surface area contributed by atoms with Crippen LogP contribution in [0.3, 0.4) is 0 Å². The zero-order valence-electron chi connectivity index (χ0n) is 11.3. The molecule has 0 aromatic heterocycles. The first kappa shape index (κ1) is 17.1. The van der Waals surface area contributed by atoms with Crippen molar-refractivity contribution >= 4 is 23.8 Å². The number of carbonyl (C=O) groups is 2. The Hall–Kier alpha value is -0.950. The lowest BCUT2D eigenvalue weighted by atomic mass is 10.0. The number of aliphatic carboxylic acids is 1. The van der Waals surface area contributed by atoms with Gasteiger partial charge in [-0.25, -0.2) is 4.79 Å². The summed E-state index contributed by atoms with van der Waals surface area (Å²) in [6.07, 6.45) is 1.55. The Labute approximate surface area is 112 Å². The van der Waals surface area contributed by atoms with Gasteiger partial charge in [-0.1, -0.05) is 0 Å². The number of aliphatic hydroxyl groups is 1. The van der Waals surface area contributed by atoms with Crippen molar-refractivity contribution in [1.82, 2.24) is 10.2 Å². The Morgan fingerprint density at radius 2 is 2.06 bits per heavy atom. The summed E-state index contributed by atoms with van der Waals surface area (Å²) in [5.74, 6) is -0.284. The maximum absolute atomic E-state index is 11.7. The highest BCUT2D eigenvalue weighted by molar-refractivity contribution is 7.98. The highest BCUT2D eigenvalue weighted by Gasteiger charge is 2.26. The first-order valence-electron chi connectivity index (χ1n) is 5.63. The third-order valence-electron chi connectivity index (χ3n) is 2.54. The van der Waals surface area contributed by atoms with Crippen LogP contribution < -0.4 is 5.32 Å². The molecule has 2 amide bonds. The molecular weight excluding hydrogens is 256 g/mol. The van der Waals surface area contributed by atoms with Crippen molar-refractivity contribution in [3.8, 4) is 0 Å². The van der Waals surface area contributed by atoms with Gasteiger partial charge < -0.3 is 20.4 Å². The molecule has 0 saturated carbocycles. The second-order valence-electron chi connectivity index (χ2n) is 4.64. The number of carboxylic acids is 1. The predicted molar refractivity (Wildman–Crippen MR) is 71.9 cm³/mol. The molecule has 0 heterocycles. The monoisotopic (exact) mass is 278 g/mol. The van der Waals surface area contributed by atoms with Crippen LogP contribution in [0.25, 0.3) is 0 Å². The van der Waals surface area contributed by atoms with Crippen LogP contribution in [0.15, 0.2) is 0 Å². The molecular formula is C11H22N2O4S. The van der Waals surface area contributed by atoms with Gasteiger partial charge >= 0.3 is 12.0 Å². The van der Waals surface area contributed by atoms with Gasteiger partial charge in [0.05, 0.1) is 12.0 Å². The molecule has 0 aliphatic rings. The molecule has 0 aromatic rings. The van der Waals surface area contributed by atoms with Crippen LogP contribution in [0, 0.1) is 0 Å². The van der Waals surface area contributed by atoms with Crippen molar-refractivity contribution in [1.29, 1.82) is 0 Å². The van der Waals surface area contributed by atoms with Gasteiger partial charge in [0, 0.05) is 25.4 Å². The van der Waals surface area contributed by atoms with E-state index in [4.69, 9.17) is 5.11 Å². The fourth-order valence-electron chi connectivity index (χ4n) is 1.33. The number of hydrogen-bond acceptors (Lipinski definition) is 4. The standard InChI is InChI=1S/C11H22N2O4S/c1-8(6-18-4)13(3)10(16)12-7-11(2,17)5-9(14)15/h8,17H,5-7H2,1-4H3,(H,12,16)(H,14,15). The molecule has 7 heteroatoms. The molecule has 0 spiro atoms. The van der Waals surface area contributed by atoms with Gasteiger partial charge in [0.2, 0.25) is 0 Å². The number of carbonyl (C=O) groups excluding carboxylic acids is 1. The minimum atomic E-state index is -1.44. The van der Waals surface area contributed by atoms with Gasteiger partial charge in [0.1, 0.15) is 0 Å². The Kier molecular flexibility index (Phi) is 7.08. The van der Waals surface area contributed by atoms with Crippen LogP contribution >= 0.6 is 11.8 Å². The summed E-state index contributed by atoms with van der Waals surface area (Å²) in [6, 6.07) is -0.244. The largest absolute Gasteiger partial charge is 0.481 e. The molecule has 2 atom stereocenters. The van der Waals surface area contributed by atoms with Crippen LogP contribution in [0.5, 0.6) is 0 Å². The topological polar surface area (TPSA) is 89.9 Å². The van der Waals surface area contributed by atoms with Crippen molar-refractivity contribution in [2.24, 2.45) is 0 Å². The zero-order valence-corrected chi connectivity index (χ0v) is 12.1. The van der Waals surface area contributed by atoms with E-state index in [2.05, 4.69) is 5.32 Å². The average molecular weight is 278 g/mol. The van der Waals surface area contributed by atoms with E-state index >= 15 is 0 Å². The molecule has 6 nitrogen and oxygen atoms in total. The lowest BCUT2D eigenvalue weighted by molar-refractivity contribution is -0.141. The van der Waals surface area contributed by atoms with E-state index in [9.17, 15) is 14.7 Å². The number of hydrogen-bond donors (Lipinski definition) is 3. The summed E-state index contributed by atoms with van der Waals surface area (Å²) in [7, 11) is 1.67. The number of carboxylic acid groups (broad SMARTS) is 1. The molecule has 0 fully saturated rings. The van der Waals surface area contributed by atoms with Gasteiger partial charge in [-0.05, 0) is 20.1 Å². The van der Waals surface area contributed by atoms with E-state index in [0.29, 0.717) is 0 Å². The van der Waals surface area contributed by atoms with Crippen LogP contribution in [0.1, 0.15) is 20.3 Å². The van der Waals surface area contributed by atoms with Crippen LogP contribution in [0.2, 0.25) is 0 Å². The predicted octanol–water partition coefficient (Wildman–Crippen LogP) is 0.605. The third kappa shape index (κ3) is 6.70. The summed E-state index contributed by atoms with van der Waals surface area (Å²) in [4.78, 5) is 23.8. The normalized spacial score (nSPS) is 15.6. The van der Waals surface area contributed by atoms with Gasteiger partial charge in [-0.3, -0.25) is 4.79 Å². The van der Waals surface area contributed by atoms with Crippen LogP contribution in [0.4, 0.5) is 4.79 Å². The molecule has 0 aromatic carbocycles. The highest BCUT2D eigenvalue weighted by atomic mass is 32.2. The van der Waals surface area contributed by atoms with E-state index in [-0.39, 0.29) is 18.6 Å². The van der Waals surface area contributed by atoms with E-state index in [1.807, 2.05) is 13.2 Å². The number of rotatable bonds is 7. The van der Waals surface area contributed by atoms with Crippen molar-refractivity contribution in [2.45, 2.75) is 31.9 Å². The smallest absolute Gasteiger partial charge is 0.317 e. The molecule has 0 radical (unpaired) electrons. The number of amides is 2. The van der Waals surface area contributed by atoms with Gasteiger partial charge in [0.15, 0.2) is 0 Å². The van der Waals surface area contributed by atoms with Crippen LogP contribution in [-0.2, 0) is 4.79 Å². The average Bonchev–Trinajstić information content (AvgIpc) is 2.23. The Balaban J connectivity index is 4.20. The Morgan fingerprint density at radius 3 is 2.50 bits per heavy atom. The summed E-state index contributed by atoms with van der Waals surface area (Å²) in [5, 5.41) is 20.9. The van der Waals surface area contributed by atoms with E-state index in [1.54, 1.807) is 18.8 Å². The molecule has 0 aliphatic heterocycles. The minimum Gasteiger partial charge on any atom is -0.481 e. The molecule has 0 saturated heterocycles. The van der Waals surface area contributed by atoms with E-state index in [0.717, 1.165) is 5.75 Å². The van der Waals surface area contributed by atoms with Crippen molar-refractivity contribution in [3.05, 3.63) is 0 Å². The van der Waals surface area contributed by atoms with Crippen molar-refractivity contribution in [3.63, 3.8) is 0 Å². The number of nitrogens with zero attached hydrogens (tertiary/aromatic N) is 1. The Morgan fingerprint density at radius 1 is 1.50 bits per heavy atom. The van der Waals surface area contributed by atoms with Gasteiger partial charge in [-0.2, -0.15) is 11.8 Å². The first-order chi connectivity index (χ1) is 8.19. The quantitative estimate of drug-likeness (QED) is 0.634. The van der Waals surface area contributed by atoms with Crippen LogP contribution in [-0.4, -0.2) is 64.4 Å². The Bertz CT molecular complexity index is 297. The molecule has 2 unspecified atom stereocenters. The maximum atomic E-state index is 11.7. The molecule has 106 valence electrons. The molecule has 0 bridgehead atoms. The van der Waals surface area contributed by atoms with Gasteiger partial charge in [0.25, 0.3) is 0 Å². The SMILES string of the molecule is CSCC(C)N(C)C(=O)NCC(C)(O)CC(=O)O. The molecule has 18 heavy (non-hydrogen) atoms. The van der Waals surface area contributed by atoms with Crippen molar-refractivity contribution < 1.29 is 19.8 Å². The second-order valence-corrected chi connectivity index (χ2v) is 5.55. The fourth-order valence-corrected chi connectivity index (χ4v) is 2.04. The number of thioether (sulfide) groups is 1. The second kappa shape index (κ2) is 7.48. The number of nitrogens with one attached hydrogen (secondary N) is 1. The lowest BCUT2D eigenvalue weighted by Crippen LogP contribution is -2.49. The first-order valence-corrected chi connectivity index (χ1v) is 7.03. The fraction of sp³-hybridized carbons (Fsp3) is 0.818. The summed E-state index contributed by atoms with van der Waals surface area (Å²) in [5.41, 5.74) is -1.44. The summed E-state index contributed by atoms with van der Waals surface area (Å²) in [6.45, 7) is 3.21. The third-order valence-corrected chi connectivity index (χ3v) is 3.36. The minimum absolute atomic E-state index is 0.0735. The molecule has 0 aliphatic carbocycles. The van der Waals surface area contributed by atoms with E-state index < -0.39 is 18.0 Å². The van der Waals surface area contributed by atoms with E-state index in [1.165, 1.54) is 11.8 Å². The highest BCUT2D eigenvalue weighted by Crippen LogP contribution is 2.08. The number of urea groups is 1. The molecule has 3 N–H and O–H groups in total. The van der Waals surface area contributed by atoms with Gasteiger partial charge in [-0.15, -0.1) is 0 Å². The summed E-state index contributed by atoms with van der Waals surface area (Å²) >= 11 is 1.64. The molecule has 0 rings (SSSR count). The lowest BCUT2D eigenvalue weighted by Gasteiger charge is -2.27. The van der Waals surface area contributed by atoms with Crippen molar-refractivity contribution in [2.75, 3.05) is 25.6 Å². The maximum Gasteiger partial charge on any atom is 0.317 e.